The zero-order valence-corrected chi connectivity index (χ0v) is 11.9. The van der Waals surface area contributed by atoms with E-state index in [9.17, 15) is 4.79 Å². The Kier molecular flexibility index (Phi) is 2.81. The minimum atomic E-state index is -0.172. The van der Waals surface area contributed by atoms with Crippen molar-refractivity contribution >= 4 is 28.6 Å². The SMILES string of the molecule is Cc1nc(Nc2cc(C(=O)NC3CC3)n[nH]2)c2occc2n1. The number of hydrogen-bond donors (Lipinski definition) is 3. The fraction of sp³-hybridized carbons (Fsp3) is 0.286. The standard InChI is InChI=1S/C14H14N6O2/c1-7-15-9-4-5-22-12(9)13(16-7)18-11-6-10(19-20-11)14(21)17-8-2-3-8/h4-6,8H,2-3H2,1H3,(H,17,21)(H2,15,16,18,19,20). The van der Waals surface area contributed by atoms with Crippen molar-refractivity contribution in [3.05, 3.63) is 29.9 Å². The van der Waals surface area contributed by atoms with Gasteiger partial charge in [0.25, 0.3) is 5.91 Å². The molecule has 0 aliphatic heterocycles. The molecule has 0 radical (unpaired) electrons. The van der Waals surface area contributed by atoms with E-state index in [1.54, 1.807) is 25.3 Å². The van der Waals surface area contributed by atoms with E-state index < -0.39 is 0 Å². The number of carbonyl (C=O) groups is 1. The van der Waals surface area contributed by atoms with Crippen LogP contribution in [-0.2, 0) is 0 Å². The molecule has 3 heterocycles. The molecule has 1 amide bonds. The second-order valence-corrected chi connectivity index (χ2v) is 5.29. The third-order valence-electron chi connectivity index (χ3n) is 3.39. The van der Waals surface area contributed by atoms with Crippen molar-refractivity contribution in [1.29, 1.82) is 0 Å². The molecule has 0 spiro atoms. The summed E-state index contributed by atoms with van der Waals surface area (Å²) in [6.07, 6.45) is 3.64. The molecule has 8 heteroatoms. The summed E-state index contributed by atoms with van der Waals surface area (Å²) >= 11 is 0. The average molecular weight is 298 g/mol. The second-order valence-electron chi connectivity index (χ2n) is 5.29. The molecule has 0 aromatic carbocycles. The Bertz CT molecular complexity index is 848. The molecule has 3 aromatic rings. The summed E-state index contributed by atoms with van der Waals surface area (Å²) in [5.74, 6) is 1.55. The number of nitrogens with zero attached hydrogens (tertiary/aromatic N) is 3. The maximum Gasteiger partial charge on any atom is 0.272 e. The molecule has 1 saturated carbocycles. The van der Waals surface area contributed by atoms with E-state index in [1.807, 2.05) is 0 Å². The summed E-state index contributed by atoms with van der Waals surface area (Å²) in [5, 5.41) is 12.8. The summed E-state index contributed by atoms with van der Waals surface area (Å²) in [5.41, 5.74) is 1.63. The first-order valence-electron chi connectivity index (χ1n) is 7.04. The Labute approximate surface area is 125 Å². The van der Waals surface area contributed by atoms with Gasteiger partial charge in [-0.05, 0) is 19.8 Å². The van der Waals surface area contributed by atoms with Crippen molar-refractivity contribution in [3.8, 4) is 0 Å². The molecule has 0 atom stereocenters. The molecule has 3 aromatic heterocycles. The molecule has 112 valence electrons. The second kappa shape index (κ2) is 4.83. The molecule has 1 aliphatic carbocycles. The first kappa shape index (κ1) is 12.8. The first-order valence-corrected chi connectivity index (χ1v) is 7.04. The summed E-state index contributed by atoms with van der Waals surface area (Å²) in [7, 11) is 0. The van der Waals surface area contributed by atoms with Gasteiger partial charge in [0.1, 0.15) is 17.2 Å². The topological polar surface area (TPSA) is 109 Å². The highest BCUT2D eigenvalue weighted by molar-refractivity contribution is 5.94. The lowest BCUT2D eigenvalue weighted by Gasteiger charge is -2.03. The highest BCUT2D eigenvalue weighted by atomic mass is 16.3. The van der Waals surface area contributed by atoms with Gasteiger partial charge in [-0.1, -0.05) is 0 Å². The zero-order valence-electron chi connectivity index (χ0n) is 11.9. The molecule has 1 aliphatic rings. The van der Waals surface area contributed by atoms with E-state index in [1.165, 1.54) is 0 Å². The van der Waals surface area contributed by atoms with Gasteiger partial charge in [0.05, 0.1) is 6.26 Å². The highest BCUT2D eigenvalue weighted by Gasteiger charge is 2.25. The lowest BCUT2D eigenvalue weighted by molar-refractivity contribution is 0.0946. The minimum Gasteiger partial charge on any atom is -0.459 e. The first-order chi connectivity index (χ1) is 10.7. The van der Waals surface area contributed by atoms with Gasteiger partial charge in [0.15, 0.2) is 17.1 Å². The number of aromatic amines is 1. The van der Waals surface area contributed by atoms with Crippen LogP contribution in [-0.4, -0.2) is 32.1 Å². The number of anilines is 2. The number of rotatable bonds is 4. The lowest BCUT2D eigenvalue weighted by Crippen LogP contribution is -2.25. The van der Waals surface area contributed by atoms with Crippen LogP contribution in [0.4, 0.5) is 11.6 Å². The largest absolute Gasteiger partial charge is 0.459 e. The average Bonchev–Trinajstić information content (AvgIpc) is 2.99. The quantitative estimate of drug-likeness (QED) is 0.678. The summed E-state index contributed by atoms with van der Waals surface area (Å²) in [6, 6.07) is 3.72. The predicted octanol–water partition coefficient (Wildman–Crippen LogP) is 1.89. The van der Waals surface area contributed by atoms with E-state index in [4.69, 9.17) is 4.42 Å². The number of furan rings is 1. The van der Waals surface area contributed by atoms with Gasteiger partial charge in [-0.25, -0.2) is 9.97 Å². The maximum atomic E-state index is 11.9. The molecule has 0 saturated heterocycles. The Morgan fingerprint density at radius 2 is 2.27 bits per heavy atom. The molecule has 8 nitrogen and oxygen atoms in total. The van der Waals surface area contributed by atoms with E-state index in [0.717, 1.165) is 18.4 Å². The molecule has 0 unspecified atom stereocenters. The van der Waals surface area contributed by atoms with Crippen LogP contribution in [0.25, 0.3) is 11.1 Å². The van der Waals surface area contributed by atoms with Crippen LogP contribution in [0.1, 0.15) is 29.2 Å². The van der Waals surface area contributed by atoms with Crippen LogP contribution in [0.5, 0.6) is 0 Å². The number of nitrogens with one attached hydrogen (secondary N) is 3. The highest BCUT2D eigenvalue weighted by Crippen LogP contribution is 2.24. The van der Waals surface area contributed by atoms with E-state index in [0.29, 0.717) is 34.8 Å². The van der Waals surface area contributed by atoms with Gasteiger partial charge >= 0.3 is 0 Å². The fourth-order valence-electron chi connectivity index (χ4n) is 2.18. The van der Waals surface area contributed by atoms with Crippen molar-refractivity contribution in [2.75, 3.05) is 5.32 Å². The van der Waals surface area contributed by atoms with Gasteiger partial charge in [0.2, 0.25) is 0 Å². The van der Waals surface area contributed by atoms with Crippen molar-refractivity contribution in [2.45, 2.75) is 25.8 Å². The molecule has 22 heavy (non-hydrogen) atoms. The molecular weight excluding hydrogens is 284 g/mol. The molecule has 1 fully saturated rings. The van der Waals surface area contributed by atoms with Crippen molar-refractivity contribution in [2.24, 2.45) is 0 Å². The Hall–Kier alpha value is -2.90. The number of fused-ring (bicyclic) bond motifs is 1. The zero-order chi connectivity index (χ0) is 15.1. The Morgan fingerprint density at radius 3 is 3.09 bits per heavy atom. The van der Waals surface area contributed by atoms with Crippen LogP contribution < -0.4 is 10.6 Å². The number of H-pyrrole nitrogens is 1. The van der Waals surface area contributed by atoms with Crippen molar-refractivity contribution in [1.82, 2.24) is 25.5 Å². The minimum absolute atomic E-state index is 0.172. The van der Waals surface area contributed by atoms with Crippen LogP contribution in [0, 0.1) is 6.92 Å². The maximum absolute atomic E-state index is 11.9. The van der Waals surface area contributed by atoms with Crippen molar-refractivity contribution in [3.63, 3.8) is 0 Å². The summed E-state index contributed by atoms with van der Waals surface area (Å²) in [6.45, 7) is 1.80. The smallest absolute Gasteiger partial charge is 0.272 e. The number of hydrogen-bond acceptors (Lipinski definition) is 6. The Balaban J connectivity index is 1.58. The van der Waals surface area contributed by atoms with Crippen molar-refractivity contribution < 1.29 is 9.21 Å². The molecule has 3 N–H and O–H groups in total. The third-order valence-corrected chi connectivity index (χ3v) is 3.39. The molecular formula is C14H14N6O2. The van der Waals surface area contributed by atoms with Crippen LogP contribution in [0.2, 0.25) is 0 Å². The van der Waals surface area contributed by atoms with E-state index >= 15 is 0 Å². The lowest BCUT2D eigenvalue weighted by atomic mass is 10.3. The van der Waals surface area contributed by atoms with Crippen LogP contribution in [0.15, 0.2) is 22.8 Å². The van der Waals surface area contributed by atoms with Gasteiger partial charge < -0.3 is 15.1 Å². The normalized spacial score (nSPS) is 14.2. The number of carbonyl (C=O) groups excluding carboxylic acids is 1. The summed E-state index contributed by atoms with van der Waals surface area (Å²) < 4.78 is 5.39. The summed E-state index contributed by atoms with van der Waals surface area (Å²) in [4.78, 5) is 20.5. The molecule has 4 rings (SSSR count). The Morgan fingerprint density at radius 1 is 1.41 bits per heavy atom. The van der Waals surface area contributed by atoms with Crippen LogP contribution in [0.3, 0.4) is 0 Å². The van der Waals surface area contributed by atoms with Gasteiger partial charge in [-0.2, -0.15) is 5.10 Å². The third kappa shape index (κ3) is 2.39. The van der Waals surface area contributed by atoms with Gasteiger partial charge in [-0.15, -0.1) is 0 Å². The van der Waals surface area contributed by atoms with Gasteiger partial charge in [0, 0.05) is 18.2 Å². The fourth-order valence-corrected chi connectivity index (χ4v) is 2.18. The van der Waals surface area contributed by atoms with E-state index in [-0.39, 0.29) is 5.91 Å². The van der Waals surface area contributed by atoms with Gasteiger partial charge in [-0.3, -0.25) is 9.89 Å². The van der Waals surface area contributed by atoms with E-state index in [2.05, 4.69) is 30.8 Å². The molecule has 0 bridgehead atoms. The van der Waals surface area contributed by atoms with Crippen LogP contribution >= 0.6 is 0 Å². The number of aryl methyl sites for hydroxylation is 1. The number of amides is 1. The number of aromatic nitrogens is 4. The monoisotopic (exact) mass is 298 g/mol. The predicted molar refractivity (Wildman–Crippen MR) is 78.9 cm³/mol.